The molecule has 0 radical (unpaired) electrons. The highest BCUT2D eigenvalue weighted by atomic mass is 19.1. The van der Waals surface area contributed by atoms with Gasteiger partial charge in [-0.15, -0.1) is 11.5 Å². The monoisotopic (exact) mass is 297 g/mol. The first kappa shape index (κ1) is 16.2. The molecule has 1 saturated heterocycles. The molecular weight excluding hydrogens is 277 g/mol. The Balaban J connectivity index is 1.85. The fourth-order valence-electron chi connectivity index (χ4n) is 2.60. The highest BCUT2D eigenvalue weighted by Crippen LogP contribution is 2.19. The Labute approximate surface area is 130 Å². The SMILES string of the molecule is C=C=C1CC(=C=C)CN(CCCC(=O)c2ccc(F)cc2)C1. The molecule has 1 aliphatic rings. The lowest BCUT2D eigenvalue weighted by molar-refractivity contribution is 0.0975. The van der Waals surface area contributed by atoms with Gasteiger partial charge in [0, 0.05) is 31.5 Å². The number of likely N-dealkylation sites (tertiary alicyclic amines) is 1. The van der Waals surface area contributed by atoms with Gasteiger partial charge in [0.2, 0.25) is 0 Å². The number of rotatable bonds is 5. The van der Waals surface area contributed by atoms with E-state index in [1.54, 1.807) is 0 Å². The summed E-state index contributed by atoms with van der Waals surface area (Å²) in [6.45, 7) is 9.90. The van der Waals surface area contributed by atoms with Gasteiger partial charge in [-0.2, -0.15) is 0 Å². The minimum Gasteiger partial charge on any atom is -0.294 e. The van der Waals surface area contributed by atoms with Gasteiger partial charge >= 0.3 is 0 Å². The summed E-state index contributed by atoms with van der Waals surface area (Å²) < 4.78 is 12.8. The van der Waals surface area contributed by atoms with Gasteiger partial charge in [-0.1, -0.05) is 13.2 Å². The Morgan fingerprint density at radius 1 is 1.14 bits per heavy atom. The van der Waals surface area contributed by atoms with Gasteiger partial charge in [-0.05, 0) is 48.4 Å². The molecule has 2 nitrogen and oxygen atoms in total. The molecule has 0 saturated carbocycles. The van der Waals surface area contributed by atoms with Gasteiger partial charge in [-0.25, -0.2) is 4.39 Å². The van der Waals surface area contributed by atoms with Crippen molar-refractivity contribution in [3.8, 4) is 0 Å². The number of halogens is 1. The molecular formula is C19H20FNO. The van der Waals surface area contributed by atoms with Crippen LogP contribution in [0.25, 0.3) is 0 Å². The Bertz CT molecular complexity index is 621. The number of carbonyl (C=O) groups excluding carboxylic acids is 1. The van der Waals surface area contributed by atoms with Crippen LogP contribution in [-0.4, -0.2) is 30.3 Å². The maximum absolute atomic E-state index is 12.8. The van der Waals surface area contributed by atoms with Gasteiger partial charge in [0.1, 0.15) is 5.82 Å². The summed E-state index contributed by atoms with van der Waals surface area (Å²) in [5.74, 6) is -0.270. The molecule has 0 aliphatic carbocycles. The van der Waals surface area contributed by atoms with Gasteiger partial charge in [0.15, 0.2) is 5.78 Å². The van der Waals surface area contributed by atoms with Crippen LogP contribution in [-0.2, 0) is 0 Å². The molecule has 0 spiro atoms. The van der Waals surface area contributed by atoms with Crippen LogP contribution in [0, 0.1) is 5.82 Å². The average molecular weight is 297 g/mol. The predicted octanol–water partition coefficient (Wildman–Crippen LogP) is 3.92. The molecule has 0 bridgehead atoms. The number of ketones is 1. The van der Waals surface area contributed by atoms with Crippen LogP contribution in [0.2, 0.25) is 0 Å². The molecule has 1 fully saturated rings. The first-order chi connectivity index (χ1) is 10.6. The second-order valence-corrected chi connectivity index (χ2v) is 5.48. The van der Waals surface area contributed by atoms with E-state index < -0.39 is 0 Å². The van der Waals surface area contributed by atoms with E-state index in [0.717, 1.165) is 43.6 Å². The van der Waals surface area contributed by atoms with E-state index in [1.807, 2.05) is 0 Å². The number of nitrogens with zero attached hydrogens (tertiary/aromatic N) is 1. The molecule has 0 N–H and O–H groups in total. The second-order valence-electron chi connectivity index (χ2n) is 5.48. The number of hydrogen-bond acceptors (Lipinski definition) is 2. The third kappa shape index (κ3) is 4.41. The summed E-state index contributed by atoms with van der Waals surface area (Å²) in [6, 6.07) is 5.71. The molecule has 2 rings (SSSR count). The highest BCUT2D eigenvalue weighted by Gasteiger charge is 2.17. The fraction of sp³-hybridized carbons (Fsp3) is 0.316. The van der Waals surface area contributed by atoms with Crippen molar-refractivity contribution < 1.29 is 9.18 Å². The van der Waals surface area contributed by atoms with Crippen molar-refractivity contribution in [3.05, 3.63) is 71.4 Å². The summed E-state index contributed by atoms with van der Waals surface area (Å²) >= 11 is 0. The van der Waals surface area contributed by atoms with Gasteiger partial charge in [-0.3, -0.25) is 9.69 Å². The smallest absolute Gasteiger partial charge is 0.162 e. The maximum Gasteiger partial charge on any atom is 0.162 e. The van der Waals surface area contributed by atoms with Crippen molar-refractivity contribution in [1.29, 1.82) is 0 Å². The lowest BCUT2D eigenvalue weighted by Gasteiger charge is -2.28. The maximum atomic E-state index is 12.8. The Hall–Kier alpha value is -2.18. The van der Waals surface area contributed by atoms with Crippen LogP contribution in [0.15, 0.2) is 60.0 Å². The molecule has 1 aromatic rings. The van der Waals surface area contributed by atoms with Crippen LogP contribution < -0.4 is 0 Å². The van der Waals surface area contributed by atoms with E-state index in [2.05, 4.69) is 29.5 Å². The van der Waals surface area contributed by atoms with Crippen LogP contribution in [0.4, 0.5) is 4.39 Å². The summed E-state index contributed by atoms with van der Waals surface area (Å²) in [6.07, 6.45) is 2.07. The van der Waals surface area contributed by atoms with Crippen molar-refractivity contribution in [2.24, 2.45) is 0 Å². The van der Waals surface area contributed by atoms with E-state index in [9.17, 15) is 9.18 Å². The number of Topliss-reactive ketones (excluding diaryl/α,β-unsaturated/α-hetero) is 1. The minimum absolute atomic E-state index is 0.0518. The standard InChI is InChI=1S/C19H20FNO/c1-3-15-12-16(4-2)14-21(13-15)11-5-6-19(22)17-7-9-18(20)10-8-17/h7-10H,1-2,5-6,11-14H2. The van der Waals surface area contributed by atoms with Crippen molar-refractivity contribution in [2.75, 3.05) is 19.6 Å². The molecule has 0 aromatic heterocycles. The zero-order valence-corrected chi connectivity index (χ0v) is 12.7. The Morgan fingerprint density at radius 3 is 2.27 bits per heavy atom. The zero-order chi connectivity index (χ0) is 15.9. The average Bonchev–Trinajstić information content (AvgIpc) is 2.55. The molecule has 114 valence electrons. The lowest BCUT2D eigenvalue weighted by atomic mass is 10.0. The number of hydrogen-bond donors (Lipinski definition) is 0. The van der Waals surface area contributed by atoms with Gasteiger partial charge in [0.25, 0.3) is 0 Å². The van der Waals surface area contributed by atoms with E-state index in [-0.39, 0.29) is 11.6 Å². The van der Waals surface area contributed by atoms with Gasteiger partial charge < -0.3 is 0 Å². The molecule has 0 atom stereocenters. The third-order valence-corrected chi connectivity index (χ3v) is 3.80. The number of benzene rings is 1. The van der Waals surface area contributed by atoms with E-state index >= 15 is 0 Å². The van der Waals surface area contributed by atoms with Crippen LogP contribution >= 0.6 is 0 Å². The predicted molar refractivity (Wildman–Crippen MR) is 86.3 cm³/mol. The fourth-order valence-corrected chi connectivity index (χ4v) is 2.60. The first-order valence-electron chi connectivity index (χ1n) is 7.39. The summed E-state index contributed by atoms with van der Waals surface area (Å²) in [7, 11) is 0. The number of carbonyl (C=O) groups is 1. The lowest BCUT2D eigenvalue weighted by Crippen LogP contribution is -2.33. The Kier molecular flexibility index (Phi) is 5.68. The number of piperidine rings is 1. The largest absolute Gasteiger partial charge is 0.294 e. The zero-order valence-electron chi connectivity index (χ0n) is 12.7. The first-order valence-corrected chi connectivity index (χ1v) is 7.39. The molecule has 22 heavy (non-hydrogen) atoms. The van der Waals surface area contributed by atoms with Gasteiger partial charge in [0.05, 0.1) is 0 Å². The molecule has 3 heteroatoms. The van der Waals surface area contributed by atoms with Crippen molar-refractivity contribution in [3.63, 3.8) is 0 Å². The second kappa shape index (κ2) is 7.72. The molecule has 0 unspecified atom stereocenters. The normalized spacial score (nSPS) is 15.3. The van der Waals surface area contributed by atoms with Crippen LogP contribution in [0.5, 0.6) is 0 Å². The Morgan fingerprint density at radius 2 is 1.73 bits per heavy atom. The summed E-state index contributed by atoms with van der Waals surface area (Å²) in [5, 5.41) is 0. The van der Waals surface area contributed by atoms with E-state index in [4.69, 9.17) is 0 Å². The summed E-state index contributed by atoms with van der Waals surface area (Å²) in [4.78, 5) is 14.3. The topological polar surface area (TPSA) is 20.3 Å². The van der Waals surface area contributed by atoms with Crippen molar-refractivity contribution >= 4 is 5.78 Å². The van der Waals surface area contributed by atoms with Crippen molar-refractivity contribution in [2.45, 2.75) is 19.3 Å². The molecule has 0 amide bonds. The van der Waals surface area contributed by atoms with E-state index in [0.29, 0.717) is 12.0 Å². The van der Waals surface area contributed by atoms with Crippen LogP contribution in [0.3, 0.4) is 0 Å². The summed E-state index contributed by atoms with van der Waals surface area (Å²) in [5.41, 5.74) is 8.77. The molecule has 1 heterocycles. The van der Waals surface area contributed by atoms with Crippen LogP contribution in [0.1, 0.15) is 29.6 Å². The molecule has 1 aliphatic heterocycles. The highest BCUT2D eigenvalue weighted by molar-refractivity contribution is 5.95. The van der Waals surface area contributed by atoms with Crippen molar-refractivity contribution in [1.82, 2.24) is 4.90 Å². The quantitative estimate of drug-likeness (QED) is 0.606. The third-order valence-electron chi connectivity index (χ3n) is 3.80. The van der Waals surface area contributed by atoms with E-state index in [1.165, 1.54) is 24.3 Å². The minimum atomic E-state index is -0.322. The molecule has 1 aromatic carbocycles.